The molecule has 0 aliphatic heterocycles. The Bertz CT molecular complexity index is 538. The summed E-state index contributed by atoms with van der Waals surface area (Å²) in [5.41, 5.74) is 0.763. The lowest BCUT2D eigenvalue weighted by molar-refractivity contribution is 0.0950. The van der Waals surface area contributed by atoms with Crippen LogP contribution >= 0.6 is 0 Å². The van der Waals surface area contributed by atoms with Gasteiger partial charge in [0.1, 0.15) is 11.6 Å². The molecular formula is C13H10F2N2O. The zero-order chi connectivity index (χ0) is 13.0. The largest absolute Gasteiger partial charge is 0.348 e. The molecule has 0 saturated heterocycles. The van der Waals surface area contributed by atoms with Gasteiger partial charge in [-0.15, -0.1) is 0 Å². The van der Waals surface area contributed by atoms with E-state index in [1.165, 1.54) is 18.3 Å². The van der Waals surface area contributed by atoms with Gasteiger partial charge in [-0.3, -0.25) is 9.78 Å². The minimum absolute atomic E-state index is 0.0579. The van der Waals surface area contributed by atoms with Crippen LogP contribution in [0.25, 0.3) is 0 Å². The van der Waals surface area contributed by atoms with Crippen LogP contribution in [0.2, 0.25) is 0 Å². The van der Waals surface area contributed by atoms with Crippen LogP contribution in [-0.2, 0) is 6.54 Å². The molecule has 1 heterocycles. The molecule has 0 saturated carbocycles. The number of benzene rings is 1. The summed E-state index contributed by atoms with van der Waals surface area (Å²) in [7, 11) is 0. The van der Waals surface area contributed by atoms with Crippen molar-refractivity contribution in [2.75, 3.05) is 0 Å². The normalized spacial score (nSPS) is 10.1. The van der Waals surface area contributed by atoms with Crippen molar-refractivity contribution in [1.29, 1.82) is 0 Å². The van der Waals surface area contributed by atoms with Gasteiger partial charge in [0, 0.05) is 25.0 Å². The molecule has 1 aromatic carbocycles. The van der Waals surface area contributed by atoms with Gasteiger partial charge in [0.15, 0.2) is 0 Å². The predicted molar refractivity (Wildman–Crippen MR) is 61.8 cm³/mol. The highest BCUT2D eigenvalue weighted by atomic mass is 19.1. The van der Waals surface area contributed by atoms with Gasteiger partial charge < -0.3 is 5.32 Å². The summed E-state index contributed by atoms with van der Waals surface area (Å²) in [6.07, 6.45) is 2.97. The first-order valence-corrected chi connectivity index (χ1v) is 5.28. The zero-order valence-electron chi connectivity index (χ0n) is 9.36. The van der Waals surface area contributed by atoms with Gasteiger partial charge in [-0.2, -0.15) is 0 Å². The van der Waals surface area contributed by atoms with E-state index in [-0.39, 0.29) is 12.5 Å². The van der Waals surface area contributed by atoms with Gasteiger partial charge in [-0.25, -0.2) is 8.78 Å². The fraction of sp³-hybridized carbons (Fsp3) is 0.0769. The van der Waals surface area contributed by atoms with Gasteiger partial charge in [0.05, 0.1) is 5.56 Å². The maximum Gasteiger partial charge on any atom is 0.253 e. The van der Waals surface area contributed by atoms with E-state index in [0.29, 0.717) is 11.1 Å². The minimum Gasteiger partial charge on any atom is -0.348 e. The topological polar surface area (TPSA) is 42.0 Å². The van der Waals surface area contributed by atoms with Crippen LogP contribution < -0.4 is 5.32 Å². The monoisotopic (exact) mass is 248 g/mol. The number of halogens is 2. The summed E-state index contributed by atoms with van der Waals surface area (Å²) in [5.74, 6) is -1.67. The van der Waals surface area contributed by atoms with E-state index < -0.39 is 11.6 Å². The number of nitrogens with one attached hydrogen (secondary N) is 1. The number of pyridine rings is 1. The zero-order valence-corrected chi connectivity index (χ0v) is 9.36. The molecule has 0 bridgehead atoms. The molecule has 0 aliphatic rings. The molecule has 0 spiro atoms. The Morgan fingerprint density at radius 3 is 2.56 bits per heavy atom. The van der Waals surface area contributed by atoms with Gasteiger partial charge >= 0.3 is 0 Å². The third kappa shape index (κ3) is 3.10. The Morgan fingerprint density at radius 1 is 1.22 bits per heavy atom. The Balaban J connectivity index is 2.02. The van der Waals surface area contributed by atoms with Crippen LogP contribution in [0.15, 0.2) is 42.7 Å². The Hall–Kier alpha value is -2.30. The van der Waals surface area contributed by atoms with Crippen molar-refractivity contribution < 1.29 is 13.6 Å². The van der Waals surface area contributed by atoms with E-state index in [0.717, 1.165) is 6.07 Å². The molecule has 18 heavy (non-hydrogen) atoms. The van der Waals surface area contributed by atoms with Crippen molar-refractivity contribution in [2.24, 2.45) is 0 Å². The molecule has 1 aromatic heterocycles. The van der Waals surface area contributed by atoms with Gasteiger partial charge in [-0.1, -0.05) is 0 Å². The first kappa shape index (κ1) is 12.2. The summed E-state index contributed by atoms with van der Waals surface area (Å²) < 4.78 is 25.8. The van der Waals surface area contributed by atoms with Crippen molar-refractivity contribution in [1.82, 2.24) is 10.3 Å². The smallest absolute Gasteiger partial charge is 0.253 e. The maximum absolute atomic E-state index is 12.9. The number of nitrogens with zero attached hydrogens (tertiary/aromatic N) is 1. The molecule has 3 nitrogen and oxygen atoms in total. The molecule has 5 heteroatoms. The van der Waals surface area contributed by atoms with Crippen molar-refractivity contribution >= 4 is 5.91 Å². The number of carbonyl (C=O) groups is 1. The fourth-order valence-corrected chi connectivity index (χ4v) is 1.49. The minimum atomic E-state index is -0.666. The first-order valence-electron chi connectivity index (χ1n) is 5.28. The lowest BCUT2D eigenvalue weighted by atomic mass is 10.2. The van der Waals surface area contributed by atoms with Crippen LogP contribution in [0.3, 0.4) is 0 Å². The number of aromatic nitrogens is 1. The second-order valence-electron chi connectivity index (χ2n) is 3.70. The molecule has 0 aliphatic carbocycles. The van der Waals surface area contributed by atoms with Crippen LogP contribution in [0, 0.1) is 11.6 Å². The van der Waals surface area contributed by atoms with E-state index in [4.69, 9.17) is 0 Å². The molecule has 2 aromatic rings. The van der Waals surface area contributed by atoms with E-state index in [9.17, 15) is 13.6 Å². The number of hydrogen-bond donors (Lipinski definition) is 1. The summed E-state index contributed by atoms with van der Waals surface area (Å²) in [5, 5.41) is 2.56. The quantitative estimate of drug-likeness (QED) is 0.905. The molecule has 2 rings (SSSR count). The molecule has 92 valence electrons. The summed E-state index contributed by atoms with van der Waals surface area (Å²) in [4.78, 5) is 15.5. The van der Waals surface area contributed by atoms with Crippen LogP contribution in [-0.4, -0.2) is 10.9 Å². The molecule has 1 amide bonds. The van der Waals surface area contributed by atoms with Crippen LogP contribution in [0.1, 0.15) is 15.9 Å². The predicted octanol–water partition coefficient (Wildman–Crippen LogP) is 2.29. The fourth-order valence-electron chi connectivity index (χ4n) is 1.49. The van der Waals surface area contributed by atoms with E-state index in [1.807, 2.05) is 0 Å². The SMILES string of the molecule is O=C(NCc1cc(F)cc(F)c1)c1cccnc1. The number of hydrogen-bond acceptors (Lipinski definition) is 2. The second kappa shape index (κ2) is 5.35. The standard InChI is InChI=1S/C13H10F2N2O/c14-11-4-9(5-12(15)6-11)7-17-13(18)10-2-1-3-16-8-10/h1-6,8H,7H2,(H,17,18). The van der Waals surface area contributed by atoms with Crippen molar-refractivity contribution in [3.63, 3.8) is 0 Å². The molecule has 0 unspecified atom stereocenters. The molecule has 0 radical (unpaired) electrons. The lowest BCUT2D eigenvalue weighted by Gasteiger charge is -2.05. The second-order valence-corrected chi connectivity index (χ2v) is 3.70. The van der Waals surface area contributed by atoms with Crippen molar-refractivity contribution in [3.05, 3.63) is 65.5 Å². The highest BCUT2D eigenvalue weighted by Gasteiger charge is 2.06. The Labute approximate surface area is 102 Å². The summed E-state index contributed by atoms with van der Waals surface area (Å²) in [6.45, 7) is 0.0579. The van der Waals surface area contributed by atoms with E-state index >= 15 is 0 Å². The molecule has 1 N–H and O–H groups in total. The average Bonchev–Trinajstić information content (AvgIpc) is 2.36. The lowest BCUT2D eigenvalue weighted by Crippen LogP contribution is -2.22. The van der Waals surface area contributed by atoms with E-state index in [2.05, 4.69) is 10.3 Å². The number of amides is 1. The van der Waals surface area contributed by atoms with Gasteiger partial charge in [-0.05, 0) is 29.8 Å². The van der Waals surface area contributed by atoms with Gasteiger partial charge in [0.2, 0.25) is 0 Å². The van der Waals surface area contributed by atoms with Crippen molar-refractivity contribution in [3.8, 4) is 0 Å². The van der Waals surface area contributed by atoms with Crippen molar-refractivity contribution in [2.45, 2.75) is 6.54 Å². The highest BCUT2D eigenvalue weighted by Crippen LogP contribution is 2.08. The molecule has 0 atom stereocenters. The molecular weight excluding hydrogens is 238 g/mol. The summed E-state index contributed by atoms with van der Waals surface area (Å²) >= 11 is 0. The Morgan fingerprint density at radius 2 is 1.94 bits per heavy atom. The number of carbonyl (C=O) groups excluding carboxylic acids is 1. The Kier molecular flexibility index (Phi) is 3.62. The first-order chi connectivity index (χ1) is 8.65. The number of rotatable bonds is 3. The molecule has 0 fully saturated rings. The average molecular weight is 248 g/mol. The van der Waals surface area contributed by atoms with Crippen LogP contribution in [0.5, 0.6) is 0 Å². The third-order valence-electron chi connectivity index (χ3n) is 2.30. The van der Waals surface area contributed by atoms with E-state index in [1.54, 1.807) is 18.3 Å². The van der Waals surface area contributed by atoms with Gasteiger partial charge in [0.25, 0.3) is 5.91 Å². The third-order valence-corrected chi connectivity index (χ3v) is 2.30. The highest BCUT2D eigenvalue weighted by molar-refractivity contribution is 5.93. The maximum atomic E-state index is 12.9. The van der Waals surface area contributed by atoms with Crippen LogP contribution in [0.4, 0.5) is 8.78 Å². The summed E-state index contributed by atoms with van der Waals surface area (Å²) in [6, 6.07) is 6.37.